The van der Waals surface area contributed by atoms with Crippen molar-refractivity contribution in [2.75, 3.05) is 19.7 Å². The second kappa shape index (κ2) is 8.17. The SMILES string of the molecule is CCC(Oc1ccc(F)cc1Cl)C1CCN(C(C)(O)C2CC3(COC(=O)N3)C2)CC1. The average Bonchev–Trinajstić information content (AvgIpc) is 3.09. The Morgan fingerprint density at radius 1 is 1.43 bits per heavy atom. The third kappa shape index (κ3) is 4.12. The molecule has 30 heavy (non-hydrogen) atoms. The topological polar surface area (TPSA) is 71.0 Å². The van der Waals surface area contributed by atoms with Crippen molar-refractivity contribution in [3.8, 4) is 5.75 Å². The number of benzene rings is 1. The Balaban J connectivity index is 1.32. The molecule has 1 aliphatic carbocycles. The number of amides is 1. The van der Waals surface area contributed by atoms with Crippen LogP contribution in [0.5, 0.6) is 5.75 Å². The van der Waals surface area contributed by atoms with E-state index in [9.17, 15) is 14.3 Å². The van der Waals surface area contributed by atoms with Crippen molar-refractivity contribution in [1.29, 1.82) is 0 Å². The molecule has 3 aliphatic rings. The predicted molar refractivity (Wildman–Crippen MR) is 111 cm³/mol. The lowest BCUT2D eigenvalue weighted by molar-refractivity contribution is -0.183. The number of hydrogen-bond donors (Lipinski definition) is 2. The molecule has 3 fully saturated rings. The summed E-state index contributed by atoms with van der Waals surface area (Å²) < 4.78 is 24.5. The van der Waals surface area contributed by atoms with Crippen LogP contribution in [0.25, 0.3) is 0 Å². The summed E-state index contributed by atoms with van der Waals surface area (Å²) in [4.78, 5) is 13.5. The van der Waals surface area contributed by atoms with Crippen molar-refractivity contribution in [3.63, 3.8) is 0 Å². The van der Waals surface area contributed by atoms with E-state index in [-0.39, 0.29) is 34.5 Å². The van der Waals surface area contributed by atoms with Crippen molar-refractivity contribution in [2.24, 2.45) is 11.8 Å². The molecule has 1 amide bonds. The monoisotopic (exact) mass is 440 g/mol. The van der Waals surface area contributed by atoms with Crippen molar-refractivity contribution in [2.45, 2.75) is 63.3 Å². The van der Waals surface area contributed by atoms with Gasteiger partial charge in [-0.15, -0.1) is 0 Å². The highest BCUT2D eigenvalue weighted by molar-refractivity contribution is 6.32. The minimum absolute atomic E-state index is 0.00196. The Labute approximate surface area is 181 Å². The van der Waals surface area contributed by atoms with Gasteiger partial charge in [0.1, 0.15) is 30.0 Å². The van der Waals surface area contributed by atoms with E-state index in [0.29, 0.717) is 18.3 Å². The van der Waals surface area contributed by atoms with Crippen LogP contribution in [-0.2, 0) is 4.74 Å². The summed E-state index contributed by atoms with van der Waals surface area (Å²) in [5, 5.41) is 14.4. The number of nitrogens with zero attached hydrogens (tertiary/aromatic N) is 1. The zero-order chi connectivity index (χ0) is 21.5. The molecule has 2 saturated heterocycles. The number of likely N-dealkylation sites (tertiary alicyclic amines) is 1. The van der Waals surface area contributed by atoms with Crippen LogP contribution < -0.4 is 10.1 Å². The molecule has 8 heteroatoms. The van der Waals surface area contributed by atoms with E-state index in [2.05, 4.69) is 17.1 Å². The van der Waals surface area contributed by atoms with Crippen LogP contribution in [0, 0.1) is 17.7 Å². The highest BCUT2D eigenvalue weighted by Crippen LogP contribution is 2.47. The largest absolute Gasteiger partial charge is 0.489 e. The Hall–Kier alpha value is -1.57. The molecule has 1 saturated carbocycles. The summed E-state index contributed by atoms with van der Waals surface area (Å²) in [6.07, 6.45) is 3.75. The molecule has 0 aromatic heterocycles. The summed E-state index contributed by atoms with van der Waals surface area (Å²) in [6, 6.07) is 4.21. The minimum atomic E-state index is -0.910. The minimum Gasteiger partial charge on any atom is -0.489 e. The van der Waals surface area contributed by atoms with E-state index in [0.717, 1.165) is 45.2 Å². The number of aliphatic hydroxyl groups is 1. The smallest absolute Gasteiger partial charge is 0.407 e. The van der Waals surface area contributed by atoms with Crippen LogP contribution in [0.15, 0.2) is 18.2 Å². The maximum atomic E-state index is 13.3. The molecule has 0 bridgehead atoms. The van der Waals surface area contributed by atoms with Crippen LogP contribution >= 0.6 is 11.6 Å². The quantitative estimate of drug-likeness (QED) is 0.701. The predicted octanol–water partition coefficient (Wildman–Crippen LogP) is 3.95. The van der Waals surface area contributed by atoms with Gasteiger partial charge < -0.3 is 19.9 Å². The Bertz CT molecular complexity index is 791. The number of alkyl carbamates (subject to hydrolysis) is 1. The van der Waals surface area contributed by atoms with Gasteiger partial charge in [-0.2, -0.15) is 0 Å². The highest BCUT2D eigenvalue weighted by atomic mass is 35.5. The van der Waals surface area contributed by atoms with Gasteiger partial charge in [0, 0.05) is 19.0 Å². The van der Waals surface area contributed by atoms with Crippen LogP contribution in [-0.4, -0.2) is 53.2 Å². The molecule has 1 aromatic rings. The van der Waals surface area contributed by atoms with Crippen LogP contribution in [0.3, 0.4) is 0 Å². The second-order valence-electron chi connectivity index (χ2n) is 9.14. The summed E-state index contributed by atoms with van der Waals surface area (Å²) in [6.45, 7) is 5.91. The van der Waals surface area contributed by atoms with E-state index >= 15 is 0 Å². The van der Waals surface area contributed by atoms with Crippen LogP contribution in [0.4, 0.5) is 9.18 Å². The lowest BCUT2D eigenvalue weighted by atomic mass is 9.64. The van der Waals surface area contributed by atoms with Gasteiger partial charge in [-0.1, -0.05) is 18.5 Å². The number of carbonyl (C=O) groups excluding carboxylic acids is 1. The molecule has 1 aromatic carbocycles. The standard InChI is InChI=1S/C22H30ClFN2O4/c1-3-18(30-19-5-4-16(24)10-17(19)23)14-6-8-26(9-7-14)21(2,28)15-11-22(12-15)13-29-20(27)25-22/h4-5,10,14-15,18,28H,3,6-9,11-13H2,1-2H3,(H,25,27). The number of halogens is 2. The fourth-order valence-electron chi connectivity index (χ4n) is 5.21. The first kappa shape index (κ1) is 21.7. The number of piperidine rings is 1. The van der Waals surface area contributed by atoms with Crippen LogP contribution in [0.2, 0.25) is 5.02 Å². The van der Waals surface area contributed by atoms with E-state index in [4.69, 9.17) is 21.1 Å². The number of rotatable bonds is 6. The van der Waals surface area contributed by atoms with E-state index in [1.165, 1.54) is 12.1 Å². The highest BCUT2D eigenvalue weighted by Gasteiger charge is 2.57. The molecule has 2 aliphatic heterocycles. The van der Waals surface area contributed by atoms with Gasteiger partial charge in [-0.3, -0.25) is 4.90 Å². The van der Waals surface area contributed by atoms with Gasteiger partial charge in [-0.05, 0) is 63.1 Å². The zero-order valence-corrected chi connectivity index (χ0v) is 18.3. The normalized spacial score (nSPS) is 30.3. The third-order valence-electron chi connectivity index (χ3n) is 7.17. The summed E-state index contributed by atoms with van der Waals surface area (Å²) in [5.74, 6) is 0.586. The lowest BCUT2D eigenvalue weighted by Crippen LogP contribution is -2.65. The first-order chi connectivity index (χ1) is 14.2. The molecule has 2 unspecified atom stereocenters. The zero-order valence-electron chi connectivity index (χ0n) is 17.5. The van der Waals surface area contributed by atoms with Gasteiger partial charge in [0.2, 0.25) is 0 Å². The first-order valence-electron chi connectivity index (χ1n) is 10.8. The third-order valence-corrected chi connectivity index (χ3v) is 7.47. The molecule has 6 nitrogen and oxygen atoms in total. The fraction of sp³-hybridized carbons (Fsp3) is 0.682. The van der Waals surface area contributed by atoms with Crippen molar-refractivity contribution < 1.29 is 23.8 Å². The summed E-state index contributed by atoms with van der Waals surface area (Å²) in [7, 11) is 0. The number of nitrogens with one attached hydrogen (secondary N) is 1. The molecule has 166 valence electrons. The molecule has 2 atom stereocenters. The number of hydrogen-bond acceptors (Lipinski definition) is 5. The molecular weight excluding hydrogens is 411 g/mol. The molecule has 4 rings (SSSR count). The number of ether oxygens (including phenoxy) is 2. The number of cyclic esters (lactones) is 1. The maximum absolute atomic E-state index is 13.3. The van der Waals surface area contributed by atoms with Crippen molar-refractivity contribution in [3.05, 3.63) is 29.0 Å². The van der Waals surface area contributed by atoms with Gasteiger partial charge in [0.15, 0.2) is 0 Å². The molecular formula is C22H30ClFN2O4. The second-order valence-corrected chi connectivity index (χ2v) is 9.55. The van der Waals surface area contributed by atoms with E-state index in [1.807, 2.05) is 6.92 Å². The van der Waals surface area contributed by atoms with Crippen molar-refractivity contribution in [1.82, 2.24) is 10.2 Å². The Morgan fingerprint density at radius 2 is 2.13 bits per heavy atom. The van der Waals surface area contributed by atoms with Crippen molar-refractivity contribution >= 4 is 17.7 Å². The molecule has 2 N–H and O–H groups in total. The maximum Gasteiger partial charge on any atom is 0.407 e. The van der Waals surface area contributed by atoms with Gasteiger partial charge >= 0.3 is 6.09 Å². The molecule has 2 heterocycles. The molecule has 1 spiro atoms. The van der Waals surface area contributed by atoms with Gasteiger partial charge in [0.25, 0.3) is 0 Å². The molecule has 0 radical (unpaired) electrons. The Morgan fingerprint density at radius 3 is 2.70 bits per heavy atom. The average molecular weight is 441 g/mol. The summed E-state index contributed by atoms with van der Waals surface area (Å²) in [5.41, 5.74) is -1.20. The Kier molecular flexibility index (Phi) is 5.90. The summed E-state index contributed by atoms with van der Waals surface area (Å²) >= 11 is 6.13. The fourth-order valence-corrected chi connectivity index (χ4v) is 5.42. The first-order valence-corrected chi connectivity index (χ1v) is 11.1. The number of carbonyl (C=O) groups is 1. The lowest BCUT2D eigenvalue weighted by Gasteiger charge is -2.54. The van der Waals surface area contributed by atoms with E-state index in [1.54, 1.807) is 6.07 Å². The van der Waals surface area contributed by atoms with E-state index < -0.39 is 5.72 Å². The van der Waals surface area contributed by atoms with Gasteiger partial charge in [0.05, 0.1) is 10.6 Å². The van der Waals surface area contributed by atoms with Crippen LogP contribution in [0.1, 0.15) is 46.0 Å². The van der Waals surface area contributed by atoms with Gasteiger partial charge in [-0.25, -0.2) is 9.18 Å².